The molecule has 0 atom stereocenters. The van der Waals surface area contributed by atoms with Gasteiger partial charge in [-0.15, -0.1) is 0 Å². The smallest absolute Gasteiger partial charge is 0.431 e. The number of carbonyl (C=O) groups excluding carboxylic acids is 1. The minimum Gasteiger partial charge on any atom is -0.496 e. The molecule has 1 amide bonds. The van der Waals surface area contributed by atoms with Gasteiger partial charge in [-0.3, -0.25) is 4.79 Å². The monoisotopic (exact) mass is 348 g/mol. The van der Waals surface area contributed by atoms with Crippen LogP contribution in [0, 0.1) is 0 Å². The molecule has 0 saturated carbocycles. The second-order valence-corrected chi connectivity index (χ2v) is 5.52. The summed E-state index contributed by atoms with van der Waals surface area (Å²) in [6.45, 7) is 0. The third kappa shape index (κ3) is 3.76. The Hall–Kier alpha value is -2.96. The fourth-order valence-corrected chi connectivity index (χ4v) is 2.59. The van der Waals surface area contributed by atoms with Crippen molar-refractivity contribution in [3.05, 3.63) is 59.8 Å². The Kier molecular flexibility index (Phi) is 4.39. The second kappa shape index (κ2) is 6.51. The average Bonchev–Trinajstić information content (AvgIpc) is 2.99. The fourth-order valence-electron chi connectivity index (χ4n) is 2.59. The Morgan fingerprint density at radius 1 is 1.16 bits per heavy atom. The van der Waals surface area contributed by atoms with Crippen LogP contribution in [0.1, 0.15) is 11.3 Å². The molecule has 0 aliphatic carbocycles. The van der Waals surface area contributed by atoms with Crippen LogP contribution in [0.15, 0.2) is 48.5 Å². The van der Waals surface area contributed by atoms with Crippen LogP contribution in [0.25, 0.3) is 10.9 Å². The van der Waals surface area contributed by atoms with Crippen LogP contribution in [0.5, 0.6) is 5.75 Å². The van der Waals surface area contributed by atoms with Gasteiger partial charge in [0.2, 0.25) is 5.91 Å². The summed E-state index contributed by atoms with van der Waals surface area (Å²) in [6, 6.07) is 12.7. The van der Waals surface area contributed by atoms with E-state index in [1.807, 2.05) is 0 Å². The van der Waals surface area contributed by atoms with Gasteiger partial charge in [0.25, 0.3) is 0 Å². The lowest BCUT2D eigenvalue weighted by atomic mass is 10.1. The molecule has 0 fully saturated rings. The van der Waals surface area contributed by atoms with E-state index < -0.39 is 11.9 Å². The zero-order valence-electron chi connectivity index (χ0n) is 13.3. The highest BCUT2D eigenvalue weighted by molar-refractivity contribution is 5.95. The van der Waals surface area contributed by atoms with Gasteiger partial charge in [-0.25, -0.2) is 0 Å². The van der Waals surface area contributed by atoms with Crippen LogP contribution in [-0.2, 0) is 17.4 Å². The van der Waals surface area contributed by atoms with Crippen molar-refractivity contribution in [2.45, 2.75) is 12.6 Å². The van der Waals surface area contributed by atoms with Gasteiger partial charge >= 0.3 is 6.18 Å². The summed E-state index contributed by atoms with van der Waals surface area (Å²) >= 11 is 0. The van der Waals surface area contributed by atoms with Crippen molar-refractivity contribution in [1.29, 1.82) is 0 Å². The predicted octanol–water partition coefficient (Wildman–Crippen LogP) is 4.38. The lowest BCUT2D eigenvalue weighted by molar-refractivity contribution is -0.140. The van der Waals surface area contributed by atoms with Crippen molar-refractivity contribution in [2.75, 3.05) is 12.4 Å². The van der Waals surface area contributed by atoms with Crippen molar-refractivity contribution in [1.82, 2.24) is 4.98 Å². The molecular formula is C18H15F3N2O2. The van der Waals surface area contributed by atoms with Gasteiger partial charge < -0.3 is 15.0 Å². The van der Waals surface area contributed by atoms with Crippen molar-refractivity contribution < 1.29 is 22.7 Å². The summed E-state index contributed by atoms with van der Waals surface area (Å²) in [5.74, 6) is 0.323. The molecule has 25 heavy (non-hydrogen) atoms. The maximum Gasteiger partial charge on any atom is 0.431 e. The van der Waals surface area contributed by atoms with Crippen LogP contribution < -0.4 is 10.1 Å². The normalized spacial score (nSPS) is 11.5. The van der Waals surface area contributed by atoms with Gasteiger partial charge in [0.15, 0.2) is 0 Å². The number of anilines is 1. The first-order valence-electron chi connectivity index (χ1n) is 7.48. The van der Waals surface area contributed by atoms with E-state index in [-0.39, 0.29) is 12.3 Å². The minimum atomic E-state index is -4.44. The number of fused-ring (bicyclic) bond motifs is 1. The van der Waals surface area contributed by atoms with Gasteiger partial charge in [0.05, 0.1) is 13.5 Å². The van der Waals surface area contributed by atoms with E-state index in [9.17, 15) is 18.0 Å². The number of aromatic nitrogens is 1. The molecular weight excluding hydrogens is 333 g/mol. The van der Waals surface area contributed by atoms with Gasteiger partial charge in [-0.05, 0) is 30.3 Å². The van der Waals surface area contributed by atoms with E-state index in [1.54, 1.807) is 30.3 Å². The van der Waals surface area contributed by atoms with Crippen LogP contribution in [0.4, 0.5) is 18.9 Å². The van der Waals surface area contributed by atoms with Crippen molar-refractivity contribution in [3.63, 3.8) is 0 Å². The van der Waals surface area contributed by atoms with Crippen LogP contribution in [0.2, 0.25) is 0 Å². The number of para-hydroxylation sites is 1. The van der Waals surface area contributed by atoms with E-state index in [0.717, 1.165) is 11.6 Å². The molecule has 0 unspecified atom stereocenters. The summed E-state index contributed by atoms with van der Waals surface area (Å²) in [6.07, 6.45) is -4.34. The van der Waals surface area contributed by atoms with Crippen LogP contribution in [0.3, 0.4) is 0 Å². The van der Waals surface area contributed by atoms with Gasteiger partial charge in [-0.1, -0.05) is 18.2 Å². The minimum absolute atomic E-state index is 0.100. The molecule has 3 rings (SSSR count). The first kappa shape index (κ1) is 16.9. The van der Waals surface area contributed by atoms with E-state index in [1.165, 1.54) is 19.2 Å². The van der Waals surface area contributed by atoms with Crippen LogP contribution >= 0.6 is 0 Å². The number of hydrogen-bond donors (Lipinski definition) is 2. The Balaban J connectivity index is 1.77. The number of benzene rings is 2. The van der Waals surface area contributed by atoms with E-state index in [2.05, 4.69) is 10.3 Å². The number of aromatic amines is 1. The molecule has 7 heteroatoms. The average molecular weight is 348 g/mol. The molecule has 1 heterocycles. The molecule has 2 N–H and O–H groups in total. The van der Waals surface area contributed by atoms with Crippen molar-refractivity contribution >= 4 is 22.5 Å². The van der Waals surface area contributed by atoms with Crippen molar-refractivity contribution in [2.24, 2.45) is 0 Å². The number of nitrogens with one attached hydrogen (secondary N) is 2. The largest absolute Gasteiger partial charge is 0.496 e. The highest BCUT2D eigenvalue weighted by Crippen LogP contribution is 2.32. The summed E-state index contributed by atoms with van der Waals surface area (Å²) in [5.41, 5.74) is 0.694. The molecule has 0 spiro atoms. The Labute approximate surface area is 141 Å². The van der Waals surface area contributed by atoms with Gasteiger partial charge in [-0.2, -0.15) is 13.2 Å². The third-order valence-electron chi connectivity index (χ3n) is 3.75. The maximum atomic E-state index is 12.7. The molecule has 0 saturated heterocycles. The highest BCUT2D eigenvalue weighted by atomic mass is 19.4. The number of alkyl halides is 3. The fraction of sp³-hybridized carbons (Fsp3) is 0.167. The molecule has 3 aromatic rings. The topological polar surface area (TPSA) is 54.1 Å². The number of carbonyl (C=O) groups is 1. The summed E-state index contributed by atoms with van der Waals surface area (Å²) in [5, 5.41) is 3.07. The Bertz CT molecular complexity index is 916. The second-order valence-electron chi connectivity index (χ2n) is 5.52. The standard InChI is InChI=1S/C18H15F3N2O2/c1-25-15-5-3-2-4-11(15)10-17(24)22-13-6-7-14-12(8-13)9-16(23-14)18(19,20)21/h2-9,23H,10H2,1H3,(H,22,24). The SMILES string of the molecule is COc1ccccc1CC(=O)Nc1ccc2[nH]c(C(F)(F)F)cc2c1. The quantitative estimate of drug-likeness (QED) is 0.735. The third-order valence-corrected chi connectivity index (χ3v) is 3.75. The van der Waals surface area contributed by atoms with E-state index >= 15 is 0 Å². The molecule has 0 aliphatic rings. The number of halogens is 3. The number of hydrogen-bond acceptors (Lipinski definition) is 2. The Morgan fingerprint density at radius 3 is 2.64 bits per heavy atom. The highest BCUT2D eigenvalue weighted by Gasteiger charge is 2.32. The van der Waals surface area contributed by atoms with Gasteiger partial charge in [0.1, 0.15) is 11.4 Å². The number of amides is 1. The Morgan fingerprint density at radius 2 is 1.92 bits per heavy atom. The molecule has 1 aromatic heterocycles. The summed E-state index contributed by atoms with van der Waals surface area (Å²) in [7, 11) is 1.52. The van der Waals surface area contributed by atoms with Crippen molar-refractivity contribution in [3.8, 4) is 5.75 Å². The number of H-pyrrole nitrogens is 1. The van der Waals surface area contributed by atoms with Crippen LogP contribution in [-0.4, -0.2) is 18.0 Å². The maximum absolute atomic E-state index is 12.7. The van der Waals surface area contributed by atoms with E-state index in [4.69, 9.17) is 4.74 Å². The summed E-state index contributed by atoms with van der Waals surface area (Å²) < 4.78 is 43.4. The first-order chi connectivity index (χ1) is 11.9. The number of ether oxygens (including phenoxy) is 1. The molecule has 0 aliphatic heterocycles. The molecule has 2 aromatic carbocycles. The van der Waals surface area contributed by atoms with Gasteiger partial charge in [0, 0.05) is 22.2 Å². The molecule has 0 radical (unpaired) electrons. The molecule has 0 bridgehead atoms. The molecule has 4 nitrogen and oxygen atoms in total. The zero-order valence-corrected chi connectivity index (χ0v) is 13.3. The lowest BCUT2D eigenvalue weighted by Gasteiger charge is -2.09. The lowest BCUT2D eigenvalue weighted by Crippen LogP contribution is -2.14. The number of methoxy groups -OCH3 is 1. The molecule has 130 valence electrons. The number of rotatable bonds is 4. The predicted molar refractivity (Wildman–Crippen MR) is 88.6 cm³/mol. The first-order valence-corrected chi connectivity index (χ1v) is 7.48. The summed E-state index contributed by atoms with van der Waals surface area (Å²) in [4.78, 5) is 14.5. The zero-order chi connectivity index (χ0) is 18.0. The van der Waals surface area contributed by atoms with E-state index in [0.29, 0.717) is 22.3 Å².